The van der Waals surface area contributed by atoms with Gasteiger partial charge in [0.15, 0.2) is 6.29 Å². The molecule has 7 nitrogen and oxygen atoms in total. The van der Waals surface area contributed by atoms with Crippen molar-refractivity contribution in [2.45, 2.75) is 36.6 Å². The minimum absolute atomic E-state index is 0.0178. The molecule has 32 heavy (non-hydrogen) atoms. The Morgan fingerprint density at radius 1 is 1.09 bits per heavy atom. The molecule has 1 aliphatic rings. The van der Waals surface area contributed by atoms with Crippen LogP contribution in [0.15, 0.2) is 71.9 Å². The van der Waals surface area contributed by atoms with E-state index in [1.165, 1.54) is 11.8 Å². The summed E-state index contributed by atoms with van der Waals surface area (Å²) in [6.07, 6.45) is 1.14. The number of nitrogens with zero attached hydrogens (tertiary/aromatic N) is 1. The molecule has 8 heteroatoms. The smallest absolute Gasteiger partial charge is 0.338 e. The van der Waals surface area contributed by atoms with Gasteiger partial charge in [0.25, 0.3) is 0 Å². The molecule has 0 spiro atoms. The summed E-state index contributed by atoms with van der Waals surface area (Å²) in [5.41, 5.74) is 9.38. The second-order valence-electron chi connectivity index (χ2n) is 7.49. The largest absolute Gasteiger partial charge is 0.478 e. The van der Waals surface area contributed by atoms with Gasteiger partial charge in [0.2, 0.25) is 0 Å². The van der Waals surface area contributed by atoms with E-state index in [1.54, 1.807) is 24.4 Å². The summed E-state index contributed by atoms with van der Waals surface area (Å²) in [5.74, 6) is -0.488. The third-order valence-corrected chi connectivity index (χ3v) is 6.34. The number of carbonyl (C=O) groups is 1. The van der Waals surface area contributed by atoms with Crippen LogP contribution in [-0.2, 0) is 16.1 Å². The van der Waals surface area contributed by atoms with Gasteiger partial charge in [0, 0.05) is 29.6 Å². The van der Waals surface area contributed by atoms with Crippen LogP contribution in [0.1, 0.15) is 45.9 Å². The zero-order chi connectivity index (χ0) is 22.5. The van der Waals surface area contributed by atoms with Gasteiger partial charge in [-0.3, -0.25) is 0 Å². The van der Waals surface area contributed by atoms with Crippen LogP contribution < -0.4 is 5.73 Å². The monoisotopic (exact) mass is 452 g/mol. The zero-order valence-corrected chi connectivity index (χ0v) is 18.1. The van der Waals surface area contributed by atoms with E-state index in [4.69, 9.17) is 15.2 Å². The molecule has 166 valence electrons. The van der Waals surface area contributed by atoms with Gasteiger partial charge in [-0.2, -0.15) is 0 Å². The molecular formula is C24H24N2O5S. The highest BCUT2D eigenvalue weighted by atomic mass is 32.2. The molecule has 0 bridgehead atoms. The van der Waals surface area contributed by atoms with Crippen molar-refractivity contribution in [2.75, 3.05) is 11.5 Å². The van der Waals surface area contributed by atoms with Crippen LogP contribution >= 0.6 is 11.8 Å². The molecule has 1 fully saturated rings. The molecular weight excluding hydrogens is 428 g/mol. The predicted octanol–water partition coefficient (Wildman–Crippen LogP) is 4.19. The predicted molar refractivity (Wildman–Crippen MR) is 121 cm³/mol. The van der Waals surface area contributed by atoms with Crippen molar-refractivity contribution in [3.05, 3.63) is 89.1 Å². The molecule has 0 radical (unpaired) electrons. The van der Waals surface area contributed by atoms with Crippen LogP contribution in [0.2, 0.25) is 0 Å². The summed E-state index contributed by atoms with van der Waals surface area (Å²) in [4.78, 5) is 15.7. The van der Waals surface area contributed by atoms with Crippen molar-refractivity contribution in [1.82, 2.24) is 4.98 Å². The number of aromatic nitrogens is 1. The average Bonchev–Trinajstić information content (AvgIpc) is 2.82. The number of ether oxygens (including phenoxy) is 2. The molecule has 3 aromatic rings. The summed E-state index contributed by atoms with van der Waals surface area (Å²) in [5, 5.41) is 19.2. The van der Waals surface area contributed by atoms with E-state index in [0.29, 0.717) is 22.9 Å². The second kappa shape index (κ2) is 10.1. The number of aliphatic hydroxyl groups excluding tert-OH is 1. The van der Waals surface area contributed by atoms with Crippen LogP contribution in [0.3, 0.4) is 0 Å². The Hall–Kier alpha value is -2.91. The van der Waals surface area contributed by atoms with E-state index in [1.807, 2.05) is 42.5 Å². The van der Waals surface area contributed by atoms with Crippen LogP contribution in [0.4, 0.5) is 5.69 Å². The van der Waals surface area contributed by atoms with Gasteiger partial charge < -0.3 is 25.4 Å². The van der Waals surface area contributed by atoms with Crippen molar-refractivity contribution in [1.29, 1.82) is 0 Å². The first-order valence-corrected chi connectivity index (χ1v) is 11.2. The number of aliphatic hydroxyl groups is 1. The fourth-order valence-corrected chi connectivity index (χ4v) is 4.57. The quantitative estimate of drug-likeness (QED) is 0.361. The van der Waals surface area contributed by atoms with Crippen LogP contribution in [0.5, 0.6) is 0 Å². The van der Waals surface area contributed by atoms with Gasteiger partial charge in [-0.05, 0) is 35.4 Å². The maximum absolute atomic E-state index is 11.5. The van der Waals surface area contributed by atoms with E-state index in [-0.39, 0.29) is 24.4 Å². The number of carboxylic acid groups (broad SMARTS) is 1. The Morgan fingerprint density at radius 2 is 1.91 bits per heavy atom. The van der Waals surface area contributed by atoms with Gasteiger partial charge in [-0.1, -0.05) is 36.4 Å². The maximum Gasteiger partial charge on any atom is 0.338 e. The molecule has 2 aromatic carbocycles. The minimum atomic E-state index is -1.01. The Bertz CT molecular complexity index is 1080. The lowest BCUT2D eigenvalue weighted by molar-refractivity contribution is -0.245. The summed E-state index contributed by atoms with van der Waals surface area (Å²) < 4.78 is 12.5. The lowest BCUT2D eigenvalue weighted by Crippen LogP contribution is -2.31. The molecule has 1 aliphatic heterocycles. The molecule has 0 aliphatic carbocycles. The standard InChI is InChI=1S/C24H24N2O5S/c25-18-4-1-3-17(11-18)24-30-19(14-32-22-20(23(28)29)5-2-10-26-22)12-21(31-24)16-8-6-15(13-27)7-9-16/h1-11,19,21,24,27H,12-14,25H2,(H,28,29). The van der Waals surface area contributed by atoms with E-state index in [0.717, 1.165) is 16.7 Å². The van der Waals surface area contributed by atoms with Gasteiger partial charge >= 0.3 is 5.97 Å². The second-order valence-corrected chi connectivity index (χ2v) is 8.50. The molecule has 1 aromatic heterocycles. The van der Waals surface area contributed by atoms with Gasteiger partial charge in [0.05, 0.1) is 24.4 Å². The number of anilines is 1. The highest BCUT2D eigenvalue weighted by molar-refractivity contribution is 7.99. The maximum atomic E-state index is 11.5. The van der Waals surface area contributed by atoms with E-state index >= 15 is 0 Å². The Balaban J connectivity index is 1.55. The van der Waals surface area contributed by atoms with Crippen molar-refractivity contribution in [3.63, 3.8) is 0 Å². The van der Waals surface area contributed by atoms with Crippen molar-refractivity contribution < 1.29 is 24.5 Å². The van der Waals surface area contributed by atoms with E-state index in [2.05, 4.69) is 4.98 Å². The fraction of sp³-hybridized carbons (Fsp3) is 0.250. The highest BCUT2D eigenvalue weighted by Gasteiger charge is 2.32. The van der Waals surface area contributed by atoms with Gasteiger partial charge in [-0.25, -0.2) is 9.78 Å². The Labute approximate surface area is 190 Å². The van der Waals surface area contributed by atoms with Gasteiger partial charge in [0.1, 0.15) is 5.03 Å². The normalized spacial score (nSPS) is 20.7. The molecule has 4 rings (SSSR count). The number of nitrogens with two attached hydrogens (primary N) is 1. The van der Waals surface area contributed by atoms with Crippen molar-refractivity contribution >= 4 is 23.4 Å². The van der Waals surface area contributed by atoms with Crippen LogP contribution in [0.25, 0.3) is 0 Å². The molecule has 1 saturated heterocycles. The number of benzene rings is 2. The van der Waals surface area contributed by atoms with Crippen molar-refractivity contribution in [2.24, 2.45) is 0 Å². The molecule has 4 N–H and O–H groups in total. The number of pyridine rings is 1. The molecule has 3 atom stereocenters. The number of hydrogen-bond acceptors (Lipinski definition) is 7. The Kier molecular flexibility index (Phi) is 7.06. The lowest BCUT2D eigenvalue weighted by atomic mass is 10.0. The van der Waals surface area contributed by atoms with Crippen molar-refractivity contribution in [3.8, 4) is 0 Å². The number of aromatic carboxylic acids is 1. The third-order valence-electron chi connectivity index (χ3n) is 5.21. The van der Waals surface area contributed by atoms with Gasteiger partial charge in [-0.15, -0.1) is 11.8 Å². The molecule has 2 heterocycles. The molecule has 0 saturated carbocycles. The SMILES string of the molecule is Nc1cccc(C2OC(CSc3ncccc3C(=O)O)CC(c3ccc(CO)cc3)O2)c1. The Morgan fingerprint density at radius 3 is 2.62 bits per heavy atom. The summed E-state index contributed by atoms with van der Waals surface area (Å²) in [7, 11) is 0. The lowest BCUT2D eigenvalue weighted by Gasteiger charge is -2.36. The number of carboxylic acids is 1. The highest BCUT2D eigenvalue weighted by Crippen LogP contribution is 2.39. The summed E-state index contributed by atoms with van der Waals surface area (Å²) in [6, 6.07) is 18.2. The topological polar surface area (TPSA) is 115 Å². The summed E-state index contributed by atoms with van der Waals surface area (Å²) in [6.45, 7) is -0.0178. The number of rotatable bonds is 7. The number of nitrogen functional groups attached to an aromatic ring is 1. The van der Waals surface area contributed by atoms with E-state index in [9.17, 15) is 15.0 Å². The average molecular weight is 453 g/mol. The first-order chi connectivity index (χ1) is 15.5. The fourth-order valence-electron chi connectivity index (χ4n) is 3.57. The minimum Gasteiger partial charge on any atom is -0.478 e. The van der Waals surface area contributed by atoms with Crippen LogP contribution in [-0.4, -0.2) is 33.0 Å². The third kappa shape index (κ3) is 5.28. The molecule has 3 unspecified atom stereocenters. The number of thioether (sulfide) groups is 1. The van der Waals surface area contributed by atoms with Crippen LogP contribution in [0, 0.1) is 0 Å². The zero-order valence-electron chi connectivity index (χ0n) is 17.3. The number of hydrogen-bond donors (Lipinski definition) is 3. The summed E-state index contributed by atoms with van der Waals surface area (Å²) >= 11 is 1.36. The first kappa shape index (κ1) is 22.3. The van der Waals surface area contributed by atoms with E-state index < -0.39 is 12.3 Å². The molecule has 0 amide bonds. The first-order valence-electron chi connectivity index (χ1n) is 10.2.